The molecule has 1 aromatic heterocycles. The fraction of sp³-hybridized carbons (Fsp3) is 0.263. The van der Waals surface area contributed by atoms with Gasteiger partial charge in [-0.1, -0.05) is 29.5 Å². The molecule has 0 saturated heterocycles. The number of methoxy groups -OCH3 is 1. The predicted octanol–water partition coefficient (Wildman–Crippen LogP) is 3.71. The number of aromatic nitrogens is 1. The van der Waals surface area contributed by atoms with Crippen LogP contribution in [0.1, 0.15) is 21.5 Å². The number of para-hydroxylation sites is 1. The fourth-order valence-corrected chi connectivity index (χ4v) is 3.59. The van der Waals surface area contributed by atoms with Crippen LogP contribution in [-0.4, -0.2) is 24.2 Å². The molecule has 0 N–H and O–H groups in total. The first-order valence-corrected chi connectivity index (χ1v) is 8.65. The summed E-state index contributed by atoms with van der Waals surface area (Å²) in [5, 5.41) is 0. The maximum absolute atomic E-state index is 12.6. The van der Waals surface area contributed by atoms with Crippen LogP contribution in [0.2, 0.25) is 0 Å². The van der Waals surface area contributed by atoms with Crippen molar-refractivity contribution in [2.45, 2.75) is 20.4 Å². The van der Waals surface area contributed by atoms with Crippen molar-refractivity contribution in [3.05, 3.63) is 64.0 Å². The van der Waals surface area contributed by atoms with Gasteiger partial charge in [0.15, 0.2) is 4.80 Å². The monoisotopic (exact) mass is 340 g/mol. The molecule has 0 aliphatic carbocycles. The van der Waals surface area contributed by atoms with Gasteiger partial charge in [-0.15, -0.1) is 0 Å². The maximum Gasteiger partial charge on any atom is 0.279 e. The molecular weight excluding hydrogens is 320 g/mol. The Morgan fingerprint density at radius 1 is 1.17 bits per heavy atom. The molecule has 0 radical (unpaired) electrons. The maximum atomic E-state index is 12.6. The zero-order chi connectivity index (χ0) is 17.1. The average Bonchev–Trinajstić information content (AvgIpc) is 2.92. The molecule has 1 heterocycles. The van der Waals surface area contributed by atoms with E-state index < -0.39 is 0 Å². The molecule has 0 unspecified atom stereocenters. The lowest BCUT2D eigenvalue weighted by Crippen LogP contribution is -2.19. The van der Waals surface area contributed by atoms with Gasteiger partial charge in [-0.2, -0.15) is 4.99 Å². The molecule has 124 valence electrons. The Bertz CT molecular complexity index is 953. The number of aryl methyl sites for hydroxylation is 2. The van der Waals surface area contributed by atoms with Gasteiger partial charge >= 0.3 is 0 Å². The van der Waals surface area contributed by atoms with Gasteiger partial charge in [-0.3, -0.25) is 4.79 Å². The predicted molar refractivity (Wildman–Crippen MR) is 97.5 cm³/mol. The molecule has 0 saturated carbocycles. The van der Waals surface area contributed by atoms with E-state index >= 15 is 0 Å². The molecular formula is C19H20N2O2S. The summed E-state index contributed by atoms with van der Waals surface area (Å²) in [6.07, 6.45) is 0. The number of ether oxygens (including phenoxy) is 1. The summed E-state index contributed by atoms with van der Waals surface area (Å²) in [7, 11) is 1.67. The Morgan fingerprint density at radius 3 is 2.71 bits per heavy atom. The van der Waals surface area contributed by atoms with E-state index in [1.54, 1.807) is 7.11 Å². The van der Waals surface area contributed by atoms with Gasteiger partial charge in [-0.05, 0) is 49.2 Å². The van der Waals surface area contributed by atoms with Crippen LogP contribution in [0.3, 0.4) is 0 Å². The fourth-order valence-electron chi connectivity index (χ4n) is 2.53. The molecule has 4 nitrogen and oxygen atoms in total. The number of fused-ring (bicyclic) bond motifs is 1. The van der Waals surface area contributed by atoms with Crippen LogP contribution in [0.15, 0.2) is 47.5 Å². The Labute approximate surface area is 145 Å². The number of carbonyl (C=O) groups excluding carboxylic acids is 1. The number of hydrogen-bond acceptors (Lipinski definition) is 3. The number of benzene rings is 2. The van der Waals surface area contributed by atoms with E-state index in [-0.39, 0.29) is 5.91 Å². The molecule has 3 aromatic rings. The zero-order valence-electron chi connectivity index (χ0n) is 14.1. The Kier molecular flexibility index (Phi) is 4.92. The number of hydrogen-bond donors (Lipinski definition) is 0. The van der Waals surface area contributed by atoms with E-state index in [1.807, 2.05) is 60.9 Å². The highest BCUT2D eigenvalue weighted by Crippen LogP contribution is 2.17. The molecule has 24 heavy (non-hydrogen) atoms. The van der Waals surface area contributed by atoms with Crippen molar-refractivity contribution in [2.75, 3.05) is 13.7 Å². The first-order valence-electron chi connectivity index (χ1n) is 7.84. The van der Waals surface area contributed by atoms with Crippen LogP contribution in [0.5, 0.6) is 0 Å². The van der Waals surface area contributed by atoms with E-state index in [1.165, 1.54) is 16.9 Å². The molecule has 0 aliphatic rings. The van der Waals surface area contributed by atoms with Gasteiger partial charge in [-0.25, -0.2) is 0 Å². The van der Waals surface area contributed by atoms with Crippen molar-refractivity contribution in [1.82, 2.24) is 4.57 Å². The van der Waals surface area contributed by atoms with Crippen molar-refractivity contribution in [1.29, 1.82) is 0 Å². The topological polar surface area (TPSA) is 43.6 Å². The smallest absolute Gasteiger partial charge is 0.279 e. The molecule has 0 aliphatic heterocycles. The van der Waals surface area contributed by atoms with Crippen molar-refractivity contribution in [3.8, 4) is 0 Å². The molecule has 0 fully saturated rings. The average molecular weight is 340 g/mol. The van der Waals surface area contributed by atoms with Crippen LogP contribution in [0.25, 0.3) is 10.2 Å². The molecule has 3 rings (SSSR count). The van der Waals surface area contributed by atoms with Crippen LogP contribution in [0, 0.1) is 13.8 Å². The van der Waals surface area contributed by atoms with Gasteiger partial charge in [0.2, 0.25) is 0 Å². The first-order chi connectivity index (χ1) is 11.6. The van der Waals surface area contributed by atoms with Gasteiger partial charge < -0.3 is 9.30 Å². The Morgan fingerprint density at radius 2 is 1.96 bits per heavy atom. The second-order valence-electron chi connectivity index (χ2n) is 5.71. The van der Waals surface area contributed by atoms with Gasteiger partial charge in [0.1, 0.15) is 0 Å². The summed E-state index contributed by atoms with van der Waals surface area (Å²) < 4.78 is 8.35. The summed E-state index contributed by atoms with van der Waals surface area (Å²) in [6, 6.07) is 13.8. The number of carbonyl (C=O) groups is 1. The molecule has 2 aromatic carbocycles. The first kappa shape index (κ1) is 16.6. The van der Waals surface area contributed by atoms with E-state index in [0.717, 1.165) is 15.8 Å². The highest BCUT2D eigenvalue weighted by Gasteiger charge is 2.09. The lowest BCUT2D eigenvalue weighted by Gasteiger charge is -2.04. The third-order valence-corrected chi connectivity index (χ3v) is 5.12. The van der Waals surface area contributed by atoms with E-state index in [2.05, 4.69) is 4.99 Å². The number of amides is 1. The van der Waals surface area contributed by atoms with E-state index in [9.17, 15) is 4.79 Å². The van der Waals surface area contributed by atoms with Crippen LogP contribution in [-0.2, 0) is 11.3 Å². The van der Waals surface area contributed by atoms with Crippen LogP contribution in [0.4, 0.5) is 0 Å². The van der Waals surface area contributed by atoms with Crippen molar-refractivity contribution in [2.24, 2.45) is 4.99 Å². The molecule has 0 atom stereocenters. The minimum Gasteiger partial charge on any atom is -0.383 e. The van der Waals surface area contributed by atoms with Crippen molar-refractivity contribution < 1.29 is 9.53 Å². The lowest BCUT2D eigenvalue weighted by atomic mass is 10.1. The summed E-state index contributed by atoms with van der Waals surface area (Å²) in [4.78, 5) is 17.7. The lowest BCUT2D eigenvalue weighted by molar-refractivity contribution is 0.0997. The normalized spacial score (nSPS) is 12.0. The molecule has 1 amide bonds. The highest BCUT2D eigenvalue weighted by molar-refractivity contribution is 7.16. The second-order valence-corrected chi connectivity index (χ2v) is 6.72. The zero-order valence-corrected chi connectivity index (χ0v) is 14.9. The molecule has 0 bridgehead atoms. The third kappa shape index (κ3) is 3.32. The number of nitrogens with zero attached hydrogens (tertiary/aromatic N) is 2. The van der Waals surface area contributed by atoms with Gasteiger partial charge in [0.05, 0.1) is 16.8 Å². The highest BCUT2D eigenvalue weighted by atomic mass is 32.1. The molecule has 5 heteroatoms. The standard InChI is InChI=1S/C19H20N2O2S/c1-13-8-9-15(12-14(13)2)18(22)20-19-21(10-11-23-3)16-6-4-5-7-17(16)24-19/h4-9,12H,10-11H2,1-3H3. The third-order valence-electron chi connectivity index (χ3n) is 4.06. The number of thiazole rings is 1. The van der Waals surface area contributed by atoms with Crippen molar-refractivity contribution in [3.63, 3.8) is 0 Å². The van der Waals surface area contributed by atoms with Gasteiger partial charge in [0, 0.05) is 19.2 Å². The Balaban J connectivity index is 2.08. The largest absolute Gasteiger partial charge is 0.383 e. The second kappa shape index (κ2) is 7.11. The Hall–Kier alpha value is -2.24. The quantitative estimate of drug-likeness (QED) is 0.727. The minimum atomic E-state index is -0.212. The molecule has 0 spiro atoms. The SMILES string of the molecule is COCCn1c(=NC(=O)c2ccc(C)c(C)c2)sc2ccccc21. The van der Waals surface area contributed by atoms with Gasteiger partial charge in [0.25, 0.3) is 5.91 Å². The van der Waals surface area contributed by atoms with E-state index in [4.69, 9.17) is 4.74 Å². The van der Waals surface area contributed by atoms with Crippen molar-refractivity contribution >= 4 is 27.5 Å². The summed E-state index contributed by atoms with van der Waals surface area (Å²) >= 11 is 1.52. The summed E-state index contributed by atoms with van der Waals surface area (Å²) in [5.41, 5.74) is 3.96. The van der Waals surface area contributed by atoms with Crippen LogP contribution < -0.4 is 4.80 Å². The van der Waals surface area contributed by atoms with E-state index in [0.29, 0.717) is 23.5 Å². The number of rotatable bonds is 4. The summed E-state index contributed by atoms with van der Waals surface area (Å²) in [6.45, 7) is 5.28. The summed E-state index contributed by atoms with van der Waals surface area (Å²) in [5.74, 6) is -0.212. The van der Waals surface area contributed by atoms with Crippen LogP contribution >= 0.6 is 11.3 Å². The minimum absolute atomic E-state index is 0.212.